The summed E-state index contributed by atoms with van der Waals surface area (Å²) in [5.41, 5.74) is 5.42. The number of rotatable bonds is 9. The van der Waals surface area contributed by atoms with Crippen molar-refractivity contribution in [3.63, 3.8) is 0 Å². The highest BCUT2D eigenvalue weighted by atomic mass is 16.5. The van der Waals surface area contributed by atoms with Gasteiger partial charge in [-0.1, -0.05) is 18.2 Å². The molecule has 0 radical (unpaired) electrons. The van der Waals surface area contributed by atoms with E-state index in [4.69, 9.17) is 18.9 Å². The lowest BCUT2D eigenvalue weighted by molar-refractivity contribution is -0.136. The largest absolute Gasteiger partial charge is 0.493 e. The number of amides is 1. The first kappa shape index (κ1) is 29.2. The lowest BCUT2D eigenvalue weighted by Gasteiger charge is -2.18. The average Bonchev–Trinajstić information content (AvgIpc) is 3.40. The Morgan fingerprint density at radius 1 is 0.854 bits per heavy atom. The van der Waals surface area contributed by atoms with Crippen molar-refractivity contribution in [2.75, 3.05) is 35.0 Å². The van der Waals surface area contributed by atoms with Crippen molar-refractivity contribution in [2.24, 2.45) is 0 Å². The standard InChI is InChI=1S/C32H34N2O7/c1-19-16-23(20(2)34(19)26-11-9-8-10-24(26)31(36)40-6)18-25-29(32(37)41-7)21(3)33(30(25)35)15-14-22-12-13-27(38-4)28(17-22)39-5/h8-13,16-18H,14-15H2,1-7H3/b25-18+. The third-order valence-corrected chi connectivity index (χ3v) is 7.29. The predicted octanol–water partition coefficient (Wildman–Crippen LogP) is 4.81. The first-order valence-corrected chi connectivity index (χ1v) is 13.1. The van der Waals surface area contributed by atoms with Crippen LogP contribution in [0.15, 0.2) is 65.4 Å². The molecule has 0 N–H and O–H groups in total. The van der Waals surface area contributed by atoms with E-state index in [9.17, 15) is 14.4 Å². The normalized spacial score (nSPS) is 14.1. The molecule has 0 saturated heterocycles. The van der Waals surface area contributed by atoms with Crippen LogP contribution in [-0.4, -0.2) is 62.3 Å². The second-order valence-electron chi connectivity index (χ2n) is 9.58. The first-order valence-electron chi connectivity index (χ1n) is 13.1. The molecule has 0 saturated carbocycles. The van der Waals surface area contributed by atoms with Gasteiger partial charge >= 0.3 is 11.9 Å². The third-order valence-electron chi connectivity index (χ3n) is 7.29. The van der Waals surface area contributed by atoms with Crippen LogP contribution in [0.2, 0.25) is 0 Å². The van der Waals surface area contributed by atoms with Crippen LogP contribution in [0.4, 0.5) is 0 Å². The topological polar surface area (TPSA) is 96.3 Å². The molecule has 4 rings (SSSR count). The molecule has 0 aliphatic carbocycles. The van der Waals surface area contributed by atoms with E-state index in [1.165, 1.54) is 14.2 Å². The Bertz CT molecular complexity index is 1580. The molecular formula is C32H34N2O7. The molecule has 0 bridgehead atoms. The lowest BCUT2D eigenvalue weighted by Crippen LogP contribution is -2.27. The molecule has 1 aliphatic rings. The van der Waals surface area contributed by atoms with E-state index in [0.29, 0.717) is 41.4 Å². The van der Waals surface area contributed by atoms with Crippen LogP contribution >= 0.6 is 0 Å². The predicted molar refractivity (Wildman–Crippen MR) is 154 cm³/mol. The summed E-state index contributed by atoms with van der Waals surface area (Å²) in [6, 6.07) is 14.7. The molecule has 0 unspecified atom stereocenters. The number of nitrogens with zero attached hydrogens (tertiary/aromatic N) is 2. The number of methoxy groups -OCH3 is 4. The number of allylic oxidation sites excluding steroid dienone is 1. The zero-order valence-electron chi connectivity index (χ0n) is 24.4. The van der Waals surface area contributed by atoms with Crippen LogP contribution in [-0.2, 0) is 25.5 Å². The number of aryl methyl sites for hydroxylation is 1. The number of hydrogen-bond donors (Lipinski definition) is 0. The lowest BCUT2D eigenvalue weighted by atomic mass is 10.0. The molecule has 9 nitrogen and oxygen atoms in total. The number of ether oxygens (including phenoxy) is 4. The van der Waals surface area contributed by atoms with Crippen molar-refractivity contribution in [3.05, 3.63) is 93.5 Å². The quantitative estimate of drug-likeness (QED) is 0.275. The summed E-state index contributed by atoms with van der Waals surface area (Å²) in [6.45, 7) is 5.91. The summed E-state index contributed by atoms with van der Waals surface area (Å²) in [7, 11) is 5.79. The smallest absolute Gasteiger partial charge is 0.340 e. The Labute approximate surface area is 239 Å². The molecule has 2 aromatic carbocycles. The van der Waals surface area contributed by atoms with Gasteiger partial charge in [-0.2, -0.15) is 0 Å². The highest BCUT2D eigenvalue weighted by Gasteiger charge is 2.37. The number of carbonyl (C=O) groups excluding carboxylic acids is 3. The first-order chi connectivity index (χ1) is 19.7. The van der Waals surface area contributed by atoms with Crippen LogP contribution < -0.4 is 9.47 Å². The maximum Gasteiger partial charge on any atom is 0.340 e. The van der Waals surface area contributed by atoms with Crippen LogP contribution in [0.1, 0.15) is 39.8 Å². The highest BCUT2D eigenvalue weighted by molar-refractivity contribution is 6.16. The van der Waals surface area contributed by atoms with Crippen molar-refractivity contribution < 1.29 is 33.3 Å². The van der Waals surface area contributed by atoms with E-state index >= 15 is 0 Å². The highest BCUT2D eigenvalue weighted by Crippen LogP contribution is 2.34. The van der Waals surface area contributed by atoms with Gasteiger partial charge in [0.1, 0.15) is 0 Å². The van der Waals surface area contributed by atoms with E-state index < -0.39 is 11.9 Å². The molecule has 1 aromatic heterocycles. The van der Waals surface area contributed by atoms with Crippen molar-refractivity contribution >= 4 is 23.9 Å². The second kappa shape index (κ2) is 12.2. The zero-order chi connectivity index (χ0) is 29.8. The number of para-hydroxylation sites is 1. The fourth-order valence-electron chi connectivity index (χ4n) is 5.19. The van der Waals surface area contributed by atoms with Gasteiger partial charge in [-0.3, -0.25) is 4.79 Å². The molecule has 0 spiro atoms. The molecule has 0 fully saturated rings. The van der Waals surface area contributed by atoms with Gasteiger partial charge in [0, 0.05) is 23.6 Å². The van der Waals surface area contributed by atoms with Crippen molar-refractivity contribution in [1.82, 2.24) is 9.47 Å². The fourth-order valence-corrected chi connectivity index (χ4v) is 5.19. The van der Waals surface area contributed by atoms with Crippen LogP contribution in [0.5, 0.6) is 11.5 Å². The SMILES string of the molecule is COC(=O)C1=C(C)N(CCc2ccc(OC)c(OC)c2)C(=O)/C1=C/c1cc(C)n(-c2ccccc2C(=O)OC)c1C. The molecule has 41 heavy (non-hydrogen) atoms. The second-order valence-corrected chi connectivity index (χ2v) is 9.58. The summed E-state index contributed by atoms with van der Waals surface area (Å²) in [4.78, 5) is 40.7. The Kier molecular flexibility index (Phi) is 8.66. The third kappa shape index (κ3) is 5.48. The Hall–Kier alpha value is -4.79. The monoisotopic (exact) mass is 558 g/mol. The average molecular weight is 559 g/mol. The van der Waals surface area contributed by atoms with E-state index in [2.05, 4.69) is 0 Å². The molecule has 214 valence electrons. The van der Waals surface area contributed by atoms with Crippen molar-refractivity contribution in [1.29, 1.82) is 0 Å². The number of esters is 2. The van der Waals surface area contributed by atoms with E-state index in [1.807, 2.05) is 54.8 Å². The van der Waals surface area contributed by atoms with Gasteiger partial charge in [0.25, 0.3) is 5.91 Å². The molecule has 9 heteroatoms. The molecule has 2 heterocycles. The van der Waals surface area contributed by atoms with Gasteiger partial charge in [0.05, 0.1) is 50.8 Å². The summed E-state index contributed by atoms with van der Waals surface area (Å²) in [6.07, 6.45) is 2.25. The van der Waals surface area contributed by atoms with E-state index in [-0.39, 0.29) is 17.1 Å². The zero-order valence-corrected chi connectivity index (χ0v) is 24.4. The van der Waals surface area contributed by atoms with Gasteiger partial charge in [-0.05, 0) is 74.7 Å². The summed E-state index contributed by atoms with van der Waals surface area (Å²) in [5.74, 6) is -0.0982. The van der Waals surface area contributed by atoms with Gasteiger partial charge in [-0.15, -0.1) is 0 Å². The summed E-state index contributed by atoms with van der Waals surface area (Å²) < 4.78 is 22.7. The minimum Gasteiger partial charge on any atom is -0.493 e. The Morgan fingerprint density at radius 3 is 2.20 bits per heavy atom. The number of aromatic nitrogens is 1. The van der Waals surface area contributed by atoms with Gasteiger partial charge in [0.15, 0.2) is 11.5 Å². The van der Waals surface area contributed by atoms with Crippen LogP contribution in [0.3, 0.4) is 0 Å². The van der Waals surface area contributed by atoms with Crippen molar-refractivity contribution in [2.45, 2.75) is 27.2 Å². The van der Waals surface area contributed by atoms with Gasteiger partial charge < -0.3 is 28.4 Å². The van der Waals surface area contributed by atoms with Gasteiger partial charge in [-0.25, -0.2) is 9.59 Å². The molecule has 1 aliphatic heterocycles. The summed E-state index contributed by atoms with van der Waals surface area (Å²) in [5, 5.41) is 0. The number of carbonyl (C=O) groups is 3. The Balaban J connectivity index is 1.72. The molecule has 3 aromatic rings. The number of hydrogen-bond acceptors (Lipinski definition) is 7. The maximum atomic E-state index is 13.7. The summed E-state index contributed by atoms with van der Waals surface area (Å²) >= 11 is 0. The Morgan fingerprint density at radius 2 is 1.54 bits per heavy atom. The maximum absolute atomic E-state index is 13.7. The minimum atomic E-state index is -0.583. The molecule has 1 amide bonds. The van der Waals surface area contributed by atoms with E-state index in [1.54, 1.807) is 44.3 Å². The van der Waals surface area contributed by atoms with Crippen molar-refractivity contribution in [3.8, 4) is 17.2 Å². The minimum absolute atomic E-state index is 0.226. The fraction of sp³-hybridized carbons (Fsp3) is 0.281. The number of benzene rings is 2. The van der Waals surface area contributed by atoms with Crippen LogP contribution in [0.25, 0.3) is 11.8 Å². The van der Waals surface area contributed by atoms with E-state index in [0.717, 1.165) is 22.5 Å². The molecular weight excluding hydrogens is 524 g/mol. The van der Waals surface area contributed by atoms with Crippen LogP contribution in [0, 0.1) is 13.8 Å². The molecule has 0 atom stereocenters. The van der Waals surface area contributed by atoms with Gasteiger partial charge in [0.2, 0.25) is 0 Å².